The van der Waals surface area contributed by atoms with Crippen molar-refractivity contribution in [1.29, 1.82) is 0 Å². The number of rotatable bonds is 0. The number of hydrogen-bond donors (Lipinski definition) is 0. The monoisotopic (exact) mass is 179 g/mol. The fourth-order valence-corrected chi connectivity index (χ4v) is 0.818. The number of hydrogen-bond acceptors (Lipinski definition) is 2. The van der Waals surface area contributed by atoms with Crippen LogP contribution in [0.25, 0.3) is 0 Å². The van der Waals surface area contributed by atoms with Gasteiger partial charge >= 0.3 is 6.18 Å². The van der Waals surface area contributed by atoms with Crippen LogP contribution in [0, 0.1) is 12.0 Å². The molecule has 0 saturated carbocycles. The first-order valence-corrected chi connectivity index (χ1v) is 3.50. The van der Waals surface area contributed by atoms with Crippen LogP contribution in [0.1, 0.15) is 0 Å². The van der Waals surface area contributed by atoms with E-state index in [4.69, 9.17) is 4.74 Å². The summed E-state index contributed by atoms with van der Waals surface area (Å²) in [5.74, 6) is 1.21. The number of alkyl halides is 3. The van der Waals surface area contributed by atoms with E-state index in [2.05, 4.69) is 0 Å². The average molecular weight is 179 g/mol. The van der Waals surface area contributed by atoms with Crippen LogP contribution in [0.4, 0.5) is 13.2 Å². The van der Waals surface area contributed by atoms with E-state index in [1.165, 1.54) is 10.8 Å². The van der Waals surface area contributed by atoms with Crippen molar-refractivity contribution >= 4 is 0 Å². The van der Waals surface area contributed by atoms with Gasteiger partial charge in [0.2, 0.25) is 0 Å². The summed E-state index contributed by atoms with van der Waals surface area (Å²) in [6.45, 7) is 1.80. The van der Waals surface area contributed by atoms with Crippen molar-refractivity contribution in [3.8, 4) is 12.0 Å². The smallest absolute Gasteiger partial charge is 0.378 e. The van der Waals surface area contributed by atoms with Crippen LogP contribution in [-0.2, 0) is 4.74 Å². The standard InChI is InChI=1S/C7H8F3NO/c8-7(9,10)1-2-11-3-5-12-6-4-11/h3-6H2. The van der Waals surface area contributed by atoms with Gasteiger partial charge in [-0.15, -0.1) is 0 Å². The van der Waals surface area contributed by atoms with E-state index in [1.807, 2.05) is 6.04 Å². The second-order valence-electron chi connectivity index (χ2n) is 2.33. The Bertz CT molecular complexity index is 197. The minimum absolute atomic E-state index is 0.448. The normalized spacial score (nSPS) is 18.4. The van der Waals surface area contributed by atoms with Crippen LogP contribution in [0.5, 0.6) is 0 Å². The maximum Gasteiger partial charge on any atom is 0.459 e. The lowest BCUT2D eigenvalue weighted by atomic mass is 10.4. The van der Waals surface area contributed by atoms with Crippen LogP contribution in [0.2, 0.25) is 0 Å². The molecular formula is C7H8F3NO. The fourth-order valence-electron chi connectivity index (χ4n) is 0.818. The summed E-state index contributed by atoms with van der Waals surface area (Å²) in [6, 6.07) is 2.04. The maximum absolute atomic E-state index is 11.6. The summed E-state index contributed by atoms with van der Waals surface area (Å²) in [4.78, 5) is 1.41. The van der Waals surface area contributed by atoms with Gasteiger partial charge in [-0.1, -0.05) is 0 Å². The van der Waals surface area contributed by atoms with Gasteiger partial charge in [0.25, 0.3) is 0 Å². The van der Waals surface area contributed by atoms with Crippen LogP contribution < -0.4 is 0 Å². The Morgan fingerprint density at radius 2 is 1.75 bits per heavy atom. The Hall–Kier alpha value is -0.890. The molecule has 0 aliphatic carbocycles. The van der Waals surface area contributed by atoms with Crippen molar-refractivity contribution in [3.05, 3.63) is 0 Å². The molecular weight excluding hydrogens is 171 g/mol. The van der Waals surface area contributed by atoms with Gasteiger partial charge in [-0.25, -0.2) is 0 Å². The molecule has 1 aliphatic rings. The lowest BCUT2D eigenvalue weighted by Gasteiger charge is -2.22. The van der Waals surface area contributed by atoms with E-state index >= 15 is 0 Å². The second kappa shape index (κ2) is 3.68. The van der Waals surface area contributed by atoms with Crippen LogP contribution >= 0.6 is 0 Å². The fraction of sp³-hybridized carbons (Fsp3) is 0.714. The van der Waals surface area contributed by atoms with Crippen molar-refractivity contribution in [2.75, 3.05) is 26.3 Å². The zero-order valence-corrected chi connectivity index (χ0v) is 6.32. The molecule has 0 bridgehead atoms. The van der Waals surface area contributed by atoms with E-state index in [0.29, 0.717) is 26.3 Å². The van der Waals surface area contributed by atoms with Crippen molar-refractivity contribution in [2.24, 2.45) is 0 Å². The molecule has 0 radical (unpaired) electrons. The van der Waals surface area contributed by atoms with Gasteiger partial charge in [-0.3, -0.25) is 0 Å². The van der Waals surface area contributed by atoms with Gasteiger partial charge in [0.1, 0.15) is 0 Å². The Morgan fingerprint density at radius 1 is 1.17 bits per heavy atom. The predicted molar refractivity (Wildman–Crippen MR) is 36.2 cm³/mol. The maximum atomic E-state index is 11.6. The Labute approximate surface area is 68.3 Å². The minimum Gasteiger partial charge on any atom is -0.378 e. The van der Waals surface area contributed by atoms with Crippen molar-refractivity contribution in [2.45, 2.75) is 6.18 Å². The third kappa shape index (κ3) is 3.49. The zero-order chi connectivity index (χ0) is 9.03. The first kappa shape index (κ1) is 9.20. The molecule has 0 amide bonds. The first-order valence-electron chi connectivity index (χ1n) is 3.50. The molecule has 12 heavy (non-hydrogen) atoms. The van der Waals surface area contributed by atoms with E-state index in [0.717, 1.165) is 0 Å². The molecule has 1 heterocycles. The van der Waals surface area contributed by atoms with Gasteiger partial charge < -0.3 is 9.64 Å². The highest BCUT2D eigenvalue weighted by Crippen LogP contribution is 2.12. The number of halogens is 3. The zero-order valence-electron chi connectivity index (χ0n) is 6.32. The van der Waals surface area contributed by atoms with Gasteiger partial charge in [-0.2, -0.15) is 13.2 Å². The molecule has 1 rings (SSSR count). The molecule has 68 valence electrons. The highest BCUT2D eigenvalue weighted by Gasteiger charge is 2.23. The predicted octanol–water partition coefficient (Wildman–Crippen LogP) is 0.842. The SMILES string of the molecule is FC(F)(F)C#CN1CCOCC1. The Morgan fingerprint density at radius 3 is 2.25 bits per heavy atom. The minimum atomic E-state index is -4.39. The molecule has 0 unspecified atom stereocenters. The summed E-state index contributed by atoms with van der Waals surface area (Å²) in [5.41, 5.74) is 0. The highest BCUT2D eigenvalue weighted by molar-refractivity contribution is 5.04. The molecule has 0 aromatic carbocycles. The molecule has 2 nitrogen and oxygen atoms in total. The van der Waals surface area contributed by atoms with E-state index in [9.17, 15) is 13.2 Å². The molecule has 5 heteroatoms. The average Bonchev–Trinajstić information content (AvgIpc) is 2.02. The molecule has 0 N–H and O–H groups in total. The topological polar surface area (TPSA) is 12.5 Å². The lowest BCUT2D eigenvalue weighted by Crippen LogP contribution is -2.32. The van der Waals surface area contributed by atoms with E-state index in [1.54, 1.807) is 0 Å². The largest absolute Gasteiger partial charge is 0.459 e. The summed E-state index contributed by atoms with van der Waals surface area (Å²) in [6.07, 6.45) is -4.39. The Kier molecular flexibility index (Phi) is 2.82. The molecule has 1 aliphatic heterocycles. The third-order valence-electron chi connectivity index (χ3n) is 1.37. The van der Waals surface area contributed by atoms with Gasteiger partial charge in [-0.05, 0) is 0 Å². The van der Waals surface area contributed by atoms with Crippen molar-refractivity contribution in [3.63, 3.8) is 0 Å². The second-order valence-corrected chi connectivity index (χ2v) is 2.33. The van der Waals surface area contributed by atoms with Crippen LogP contribution in [0.3, 0.4) is 0 Å². The highest BCUT2D eigenvalue weighted by atomic mass is 19.4. The lowest BCUT2D eigenvalue weighted by molar-refractivity contribution is -0.0702. The van der Waals surface area contributed by atoms with Gasteiger partial charge in [0, 0.05) is 25.1 Å². The number of nitrogens with zero attached hydrogens (tertiary/aromatic N) is 1. The van der Waals surface area contributed by atoms with E-state index < -0.39 is 6.18 Å². The number of ether oxygens (including phenoxy) is 1. The van der Waals surface area contributed by atoms with Crippen LogP contribution in [-0.4, -0.2) is 37.4 Å². The summed E-state index contributed by atoms with van der Waals surface area (Å²) in [7, 11) is 0. The van der Waals surface area contributed by atoms with E-state index in [-0.39, 0.29) is 0 Å². The molecule has 0 aromatic rings. The molecule has 0 atom stereocenters. The quantitative estimate of drug-likeness (QED) is 0.511. The molecule has 1 fully saturated rings. The molecule has 0 aromatic heterocycles. The Balaban J connectivity index is 2.41. The third-order valence-corrected chi connectivity index (χ3v) is 1.37. The summed E-state index contributed by atoms with van der Waals surface area (Å²) >= 11 is 0. The molecule has 0 spiro atoms. The summed E-state index contributed by atoms with van der Waals surface area (Å²) < 4.78 is 39.7. The van der Waals surface area contributed by atoms with Crippen LogP contribution in [0.15, 0.2) is 0 Å². The molecule has 1 saturated heterocycles. The van der Waals surface area contributed by atoms with Crippen molar-refractivity contribution < 1.29 is 17.9 Å². The van der Waals surface area contributed by atoms with Gasteiger partial charge in [0.15, 0.2) is 0 Å². The first-order chi connectivity index (χ1) is 5.58. The van der Waals surface area contributed by atoms with Gasteiger partial charge in [0.05, 0.1) is 13.2 Å². The summed E-state index contributed by atoms with van der Waals surface area (Å²) in [5, 5.41) is 0. The van der Waals surface area contributed by atoms with Crippen molar-refractivity contribution in [1.82, 2.24) is 4.90 Å². The number of morpholine rings is 1.